The SMILES string of the molecule is CB(C)/C(N)=N/O. The highest BCUT2D eigenvalue weighted by molar-refractivity contribution is 6.88. The van der Waals surface area contributed by atoms with Crippen LogP contribution in [-0.4, -0.2) is 17.7 Å². The van der Waals surface area contributed by atoms with Crippen LogP contribution in [0, 0.1) is 0 Å². The molecule has 0 atom stereocenters. The molecule has 0 bridgehead atoms. The third-order valence-electron chi connectivity index (χ3n) is 0.707. The van der Waals surface area contributed by atoms with E-state index in [-0.39, 0.29) is 12.4 Å². The third-order valence-corrected chi connectivity index (χ3v) is 0.707. The minimum absolute atomic E-state index is 0.144. The van der Waals surface area contributed by atoms with Crippen LogP contribution in [0.4, 0.5) is 0 Å². The number of nitrogens with two attached hydrogens (primary N) is 1. The molecule has 7 heavy (non-hydrogen) atoms. The summed E-state index contributed by atoms with van der Waals surface area (Å²) in [5.41, 5.74) is 5.39. The summed E-state index contributed by atoms with van der Waals surface area (Å²) in [5.74, 6) is 0. The van der Waals surface area contributed by atoms with E-state index in [1.54, 1.807) is 0 Å². The second-order valence-electron chi connectivity index (χ2n) is 1.68. The van der Waals surface area contributed by atoms with Gasteiger partial charge in [-0.3, -0.25) is 0 Å². The van der Waals surface area contributed by atoms with Crippen molar-refractivity contribution in [1.29, 1.82) is 0 Å². The minimum atomic E-state index is 0.144. The van der Waals surface area contributed by atoms with Crippen LogP contribution in [-0.2, 0) is 0 Å². The van der Waals surface area contributed by atoms with Crippen molar-refractivity contribution in [2.24, 2.45) is 10.9 Å². The van der Waals surface area contributed by atoms with Crippen LogP contribution in [0.15, 0.2) is 5.16 Å². The fourth-order valence-corrected chi connectivity index (χ4v) is 0.115. The summed E-state index contributed by atoms with van der Waals surface area (Å²) in [7, 11) is 0. The van der Waals surface area contributed by atoms with E-state index in [0.29, 0.717) is 0 Å². The first-order valence-electron chi connectivity index (χ1n) is 2.16. The van der Waals surface area contributed by atoms with Gasteiger partial charge in [0.1, 0.15) is 0 Å². The first-order valence-corrected chi connectivity index (χ1v) is 2.16. The maximum atomic E-state index is 7.97. The zero-order chi connectivity index (χ0) is 5.86. The Morgan fingerprint density at radius 2 is 2.14 bits per heavy atom. The van der Waals surface area contributed by atoms with E-state index in [1.807, 2.05) is 13.6 Å². The average Bonchev–Trinajstić information content (AvgIpc) is 1.65. The molecule has 0 heterocycles. The van der Waals surface area contributed by atoms with Crippen LogP contribution in [0.1, 0.15) is 0 Å². The van der Waals surface area contributed by atoms with E-state index in [4.69, 9.17) is 10.9 Å². The highest BCUT2D eigenvalue weighted by Gasteiger charge is 2.01. The van der Waals surface area contributed by atoms with Crippen LogP contribution < -0.4 is 5.73 Å². The molecule has 3 N–H and O–H groups in total. The maximum Gasteiger partial charge on any atom is 0.220 e. The molecule has 0 aromatic rings. The Labute approximate surface area is 43.3 Å². The Hall–Kier alpha value is -0.665. The molecule has 40 valence electrons. The van der Waals surface area contributed by atoms with Crippen molar-refractivity contribution in [1.82, 2.24) is 0 Å². The molecule has 0 saturated heterocycles. The van der Waals surface area contributed by atoms with Gasteiger partial charge in [0, 0.05) is 0 Å². The molecule has 4 heteroatoms. The van der Waals surface area contributed by atoms with Crippen molar-refractivity contribution in [2.75, 3.05) is 0 Å². The van der Waals surface area contributed by atoms with Crippen molar-refractivity contribution in [3.8, 4) is 0 Å². The Kier molecular flexibility index (Phi) is 2.26. The van der Waals surface area contributed by atoms with Gasteiger partial charge in [0.25, 0.3) is 0 Å². The van der Waals surface area contributed by atoms with Gasteiger partial charge in [-0.25, -0.2) is 0 Å². The Balaban J connectivity index is 3.56. The standard InChI is InChI=1S/C3H9BN2O/c1-4(2)3(5)6-7/h7H,1-2H3,(H2,5,6). The van der Waals surface area contributed by atoms with E-state index < -0.39 is 0 Å². The molecule has 0 aromatic heterocycles. The molecule has 3 nitrogen and oxygen atoms in total. The van der Waals surface area contributed by atoms with Gasteiger partial charge in [-0.1, -0.05) is 18.8 Å². The van der Waals surface area contributed by atoms with Crippen molar-refractivity contribution in [2.45, 2.75) is 13.6 Å². The normalized spacial score (nSPS) is 11.4. The molecular weight excluding hydrogens is 90.9 g/mol. The lowest BCUT2D eigenvalue weighted by molar-refractivity contribution is 0.319. The summed E-state index contributed by atoms with van der Waals surface area (Å²) in [4.78, 5) is 0. The smallest absolute Gasteiger partial charge is 0.220 e. The maximum absolute atomic E-state index is 7.97. The zero-order valence-electron chi connectivity index (χ0n) is 4.55. The van der Waals surface area contributed by atoms with Gasteiger partial charge < -0.3 is 10.9 Å². The molecule has 0 fully saturated rings. The third kappa shape index (κ3) is 2.08. The molecule has 0 spiro atoms. The van der Waals surface area contributed by atoms with Gasteiger partial charge in [0.05, 0.1) is 5.73 Å². The van der Waals surface area contributed by atoms with Gasteiger partial charge in [0.15, 0.2) is 0 Å². The Bertz CT molecular complexity index is 81.0. The van der Waals surface area contributed by atoms with E-state index in [0.717, 1.165) is 0 Å². The summed E-state index contributed by atoms with van der Waals surface area (Å²) in [6.45, 7) is 3.86. The first kappa shape index (κ1) is 6.33. The quantitative estimate of drug-likeness (QED) is 0.160. The molecule has 0 aliphatic rings. The van der Waals surface area contributed by atoms with Crippen LogP contribution in [0.25, 0.3) is 0 Å². The zero-order valence-corrected chi connectivity index (χ0v) is 4.55. The molecule has 0 aliphatic heterocycles. The van der Waals surface area contributed by atoms with Crippen LogP contribution in [0.3, 0.4) is 0 Å². The van der Waals surface area contributed by atoms with Crippen molar-refractivity contribution < 1.29 is 5.21 Å². The van der Waals surface area contributed by atoms with E-state index in [9.17, 15) is 0 Å². The Morgan fingerprint density at radius 1 is 1.71 bits per heavy atom. The fourth-order valence-electron chi connectivity index (χ4n) is 0.115. The second-order valence-corrected chi connectivity index (χ2v) is 1.68. The fraction of sp³-hybridized carbons (Fsp3) is 0.667. The van der Waals surface area contributed by atoms with Gasteiger partial charge in [-0.05, 0) is 0 Å². The second kappa shape index (κ2) is 2.50. The van der Waals surface area contributed by atoms with Crippen molar-refractivity contribution in [3.63, 3.8) is 0 Å². The number of hydrogen-bond acceptors (Lipinski definition) is 2. The van der Waals surface area contributed by atoms with Gasteiger partial charge in [0.2, 0.25) is 6.71 Å². The van der Waals surface area contributed by atoms with Gasteiger partial charge in [-0.2, -0.15) is 0 Å². The van der Waals surface area contributed by atoms with Gasteiger partial charge in [-0.15, -0.1) is 0 Å². The molecule has 0 aliphatic carbocycles. The average molecular weight is 99.9 g/mol. The van der Waals surface area contributed by atoms with Crippen LogP contribution >= 0.6 is 0 Å². The predicted octanol–water partition coefficient (Wildman–Crippen LogP) is 0.0264. The summed E-state index contributed by atoms with van der Waals surface area (Å²) < 4.78 is 0. The number of nitrogens with zero attached hydrogens (tertiary/aromatic N) is 1. The van der Waals surface area contributed by atoms with Crippen molar-refractivity contribution >= 4 is 12.4 Å². The first-order chi connectivity index (χ1) is 3.18. The largest absolute Gasteiger partial charge is 0.410 e. The summed E-state index contributed by atoms with van der Waals surface area (Å²) in [6, 6.07) is 0. The van der Waals surface area contributed by atoms with Crippen molar-refractivity contribution in [3.05, 3.63) is 0 Å². The minimum Gasteiger partial charge on any atom is -0.410 e. The predicted molar refractivity (Wildman–Crippen MR) is 30.9 cm³/mol. The summed E-state index contributed by atoms with van der Waals surface area (Å²) in [5, 5.41) is 10.8. The number of rotatable bonds is 1. The molecular formula is C3H9BN2O. The molecule has 0 amide bonds. The molecule has 0 radical (unpaired) electrons. The Morgan fingerprint density at radius 3 is 2.14 bits per heavy atom. The van der Waals surface area contributed by atoms with E-state index in [1.165, 1.54) is 0 Å². The lowest BCUT2D eigenvalue weighted by Gasteiger charge is -1.92. The molecule has 0 rings (SSSR count). The lowest BCUT2D eigenvalue weighted by Crippen LogP contribution is -2.26. The summed E-state index contributed by atoms with van der Waals surface area (Å²) in [6.07, 6.45) is 0. The topological polar surface area (TPSA) is 58.6 Å². The van der Waals surface area contributed by atoms with Crippen LogP contribution in [0.2, 0.25) is 13.6 Å². The number of hydrogen-bond donors (Lipinski definition) is 2. The number of amidine groups is 1. The van der Waals surface area contributed by atoms with Crippen LogP contribution in [0.5, 0.6) is 0 Å². The van der Waals surface area contributed by atoms with Gasteiger partial charge >= 0.3 is 0 Å². The monoisotopic (exact) mass is 100 g/mol. The highest BCUT2D eigenvalue weighted by Crippen LogP contribution is 1.75. The number of oxime groups is 1. The molecule has 0 aromatic carbocycles. The summed E-state index contributed by atoms with van der Waals surface area (Å²) >= 11 is 0. The van der Waals surface area contributed by atoms with E-state index >= 15 is 0 Å². The molecule has 0 saturated carbocycles. The molecule has 0 unspecified atom stereocenters. The lowest BCUT2D eigenvalue weighted by atomic mass is 9.54. The van der Waals surface area contributed by atoms with E-state index in [2.05, 4.69) is 5.16 Å². The highest BCUT2D eigenvalue weighted by atomic mass is 16.4.